The number of carbonyl (C=O) groups is 1. The zero-order valence-corrected chi connectivity index (χ0v) is 13.2. The molecule has 1 amide bonds. The van der Waals surface area contributed by atoms with E-state index in [-0.39, 0.29) is 11.9 Å². The maximum Gasteiger partial charge on any atom is 0.220 e. The predicted molar refractivity (Wildman–Crippen MR) is 87.2 cm³/mol. The van der Waals surface area contributed by atoms with Crippen LogP contribution in [0, 0.1) is 5.92 Å². The Morgan fingerprint density at radius 2 is 1.86 bits per heavy atom. The smallest absolute Gasteiger partial charge is 0.220 e. The minimum Gasteiger partial charge on any atom is -0.349 e. The van der Waals surface area contributed by atoms with E-state index in [1.54, 1.807) is 0 Å². The standard InChI is InChI=1S/C17H25ClN2O/c18-15-10-8-14(9-11-15)17(13-6-7-13)20-16(21)5-3-1-2-4-12-19/h8-11,13,17H,1-7,12,19H2,(H,20,21). The van der Waals surface area contributed by atoms with Gasteiger partial charge in [0.15, 0.2) is 0 Å². The molecule has 0 aromatic heterocycles. The summed E-state index contributed by atoms with van der Waals surface area (Å²) in [6.45, 7) is 0.743. The molecule has 0 saturated heterocycles. The number of amides is 1. The van der Waals surface area contributed by atoms with E-state index in [0.717, 1.165) is 37.3 Å². The lowest BCUT2D eigenvalue weighted by Gasteiger charge is -2.19. The Kier molecular flexibility index (Phi) is 6.52. The van der Waals surface area contributed by atoms with Crippen LogP contribution >= 0.6 is 11.6 Å². The van der Waals surface area contributed by atoms with E-state index >= 15 is 0 Å². The van der Waals surface area contributed by atoms with Crippen LogP contribution in [0.25, 0.3) is 0 Å². The molecular weight excluding hydrogens is 284 g/mol. The highest BCUT2D eigenvalue weighted by Gasteiger charge is 2.33. The van der Waals surface area contributed by atoms with Gasteiger partial charge < -0.3 is 11.1 Å². The second-order valence-corrected chi connectivity index (χ2v) is 6.32. The van der Waals surface area contributed by atoms with Gasteiger partial charge in [0.2, 0.25) is 5.91 Å². The first-order valence-corrected chi connectivity index (χ1v) is 8.33. The van der Waals surface area contributed by atoms with E-state index in [1.165, 1.54) is 18.4 Å². The molecule has 0 bridgehead atoms. The van der Waals surface area contributed by atoms with E-state index < -0.39 is 0 Å². The van der Waals surface area contributed by atoms with E-state index in [9.17, 15) is 4.79 Å². The van der Waals surface area contributed by atoms with Gasteiger partial charge in [-0.3, -0.25) is 4.79 Å². The lowest BCUT2D eigenvalue weighted by molar-refractivity contribution is -0.122. The lowest BCUT2D eigenvalue weighted by Crippen LogP contribution is -2.29. The number of carbonyl (C=O) groups excluding carboxylic acids is 1. The second-order valence-electron chi connectivity index (χ2n) is 5.89. The largest absolute Gasteiger partial charge is 0.349 e. The van der Waals surface area contributed by atoms with Crippen LogP contribution in [0.5, 0.6) is 0 Å². The molecule has 3 N–H and O–H groups in total. The van der Waals surface area contributed by atoms with Crippen LogP contribution in [-0.2, 0) is 4.79 Å². The van der Waals surface area contributed by atoms with Gasteiger partial charge in [0, 0.05) is 11.4 Å². The number of unbranched alkanes of at least 4 members (excludes halogenated alkanes) is 3. The number of halogens is 1. The van der Waals surface area contributed by atoms with Crippen LogP contribution in [0.15, 0.2) is 24.3 Å². The Balaban J connectivity index is 1.80. The minimum atomic E-state index is 0.152. The fourth-order valence-electron chi connectivity index (χ4n) is 2.60. The molecule has 1 fully saturated rings. The molecule has 0 spiro atoms. The van der Waals surface area contributed by atoms with Crippen molar-refractivity contribution in [2.75, 3.05) is 6.54 Å². The summed E-state index contributed by atoms with van der Waals surface area (Å²) < 4.78 is 0. The SMILES string of the molecule is NCCCCCCC(=O)NC(c1ccc(Cl)cc1)C1CC1. The molecule has 1 aromatic rings. The molecule has 1 saturated carbocycles. The summed E-state index contributed by atoms with van der Waals surface area (Å²) in [5, 5.41) is 3.93. The minimum absolute atomic E-state index is 0.152. The summed E-state index contributed by atoms with van der Waals surface area (Å²) in [5.41, 5.74) is 6.63. The van der Waals surface area contributed by atoms with E-state index in [4.69, 9.17) is 17.3 Å². The molecule has 0 heterocycles. The molecule has 116 valence electrons. The molecule has 0 aliphatic heterocycles. The quantitative estimate of drug-likeness (QED) is 0.681. The maximum atomic E-state index is 12.1. The van der Waals surface area contributed by atoms with Crippen molar-refractivity contribution in [3.63, 3.8) is 0 Å². The first kappa shape index (κ1) is 16.3. The third kappa shape index (κ3) is 5.68. The van der Waals surface area contributed by atoms with Gasteiger partial charge in [-0.2, -0.15) is 0 Å². The third-order valence-electron chi connectivity index (χ3n) is 4.00. The van der Waals surface area contributed by atoms with Gasteiger partial charge in [0.25, 0.3) is 0 Å². The summed E-state index contributed by atoms with van der Waals surface area (Å²) in [4.78, 5) is 12.1. The first-order chi connectivity index (χ1) is 10.2. The Labute approximate surface area is 132 Å². The highest BCUT2D eigenvalue weighted by atomic mass is 35.5. The van der Waals surface area contributed by atoms with E-state index in [2.05, 4.69) is 5.32 Å². The number of benzene rings is 1. The molecule has 1 unspecified atom stereocenters. The highest BCUT2D eigenvalue weighted by molar-refractivity contribution is 6.30. The van der Waals surface area contributed by atoms with Crippen molar-refractivity contribution in [3.8, 4) is 0 Å². The maximum absolute atomic E-state index is 12.1. The number of hydrogen-bond acceptors (Lipinski definition) is 2. The van der Waals surface area contributed by atoms with Gasteiger partial charge in [-0.15, -0.1) is 0 Å². The zero-order chi connectivity index (χ0) is 15.1. The van der Waals surface area contributed by atoms with Gasteiger partial charge in [0.1, 0.15) is 0 Å². The van der Waals surface area contributed by atoms with Crippen molar-refractivity contribution in [3.05, 3.63) is 34.9 Å². The van der Waals surface area contributed by atoms with Gasteiger partial charge in [0.05, 0.1) is 6.04 Å². The molecule has 3 nitrogen and oxygen atoms in total. The van der Waals surface area contributed by atoms with Crippen molar-refractivity contribution in [1.29, 1.82) is 0 Å². The Bertz CT molecular complexity index is 443. The van der Waals surface area contributed by atoms with Crippen molar-refractivity contribution in [2.45, 2.75) is 51.0 Å². The fourth-order valence-corrected chi connectivity index (χ4v) is 2.73. The first-order valence-electron chi connectivity index (χ1n) is 7.95. The summed E-state index contributed by atoms with van der Waals surface area (Å²) in [5.74, 6) is 0.752. The van der Waals surface area contributed by atoms with Crippen LogP contribution in [0.4, 0.5) is 0 Å². The molecule has 4 heteroatoms. The second kappa shape index (κ2) is 8.40. The molecule has 21 heavy (non-hydrogen) atoms. The van der Waals surface area contributed by atoms with Crippen LogP contribution in [0.2, 0.25) is 5.02 Å². The van der Waals surface area contributed by atoms with Crippen molar-refractivity contribution in [2.24, 2.45) is 11.7 Å². The summed E-state index contributed by atoms with van der Waals surface area (Å²) in [6, 6.07) is 7.98. The van der Waals surface area contributed by atoms with Gasteiger partial charge in [-0.1, -0.05) is 36.6 Å². The van der Waals surface area contributed by atoms with Gasteiger partial charge in [-0.25, -0.2) is 0 Å². The third-order valence-corrected chi connectivity index (χ3v) is 4.25. The molecule has 1 atom stereocenters. The molecule has 1 aliphatic rings. The lowest BCUT2D eigenvalue weighted by atomic mass is 10.0. The molecular formula is C17H25ClN2O. The van der Waals surface area contributed by atoms with Gasteiger partial charge in [-0.05, 0) is 55.8 Å². The Hall–Kier alpha value is -1.06. The van der Waals surface area contributed by atoms with Gasteiger partial charge >= 0.3 is 0 Å². The summed E-state index contributed by atoms with van der Waals surface area (Å²) in [7, 11) is 0. The zero-order valence-electron chi connectivity index (χ0n) is 12.5. The molecule has 1 aromatic carbocycles. The Morgan fingerprint density at radius 3 is 2.48 bits per heavy atom. The van der Waals surface area contributed by atoms with E-state index in [1.807, 2.05) is 24.3 Å². The average molecular weight is 309 g/mol. The molecule has 1 aliphatic carbocycles. The average Bonchev–Trinajstić information content (AvgIpc) is 3.30. The van der Waals surface area contributed by atoms with Crippen LogP contribution in [-0.4, -0.2) is 12.5 Å². The number of rotatable bonds is 9. The number of nitrogens with two attached hydrogens (primary N) is 1. The van der Waals surface area contributed by atoms with Crippen molar-refractivity contribution in [1.82, 2.24) is 5.32 Å². The van der Waals surface area contributed by atoms with Crippen molar-refractivity contribution >= 4 is 17.5 Å². The number of nitrogens with one attached hydrogen (secondary N) is 1. The fraction of sp³-hybridized carbons (Fsp3) is 0.588. The predicted octanol–water partition coefficient (Wildman–Crippen LogP) is 3.82. The molecule has 0 radical (unpaired) electrons. The number of hydrogen-bond donors (Lipinski definition) is 2. The normalized spacial score (nSPS) is 15.7. The van der Waals surface area contributed by atoms with Crippen LogP contribution in [0.1, 0.15) is 56.6 Å². The highest BCUT2D eigenvalue weighted by Crippen LogP contribution is 2.41. The van der Waals surface area contributed by atoms with Crippen molar-refractivity contribution < 1.29 is 4.79 Å². The Morgan fingerprint density at radius 1 is 1.19 bits per heavy atom. The van der Waals surface area contributed by atoms with Crippen LogP contribution in [0.3, 0.4) is 0 Å². The van der Waals surface area contributed by atoms with Crippen LogP contribution < -0.4 is 11.1 Å². The topological polar surface area (TPSA) is 55.1 Å². The summed E-state index contributed by atoms with van der Waals surface area (Å²) in [6.07, 6.45) is 7.21. The summed E-state index contributed by atoms with van der Waals surface area (Å²) >= 11 is 5.93. The molecule has 2 rings (SSSR count). The monoisotopic (exact) mass is 308 g/mol. The van der Waals surface area contributed by atoms with E-state index in [0.29, 0.717) is 12.3 Å².